The van der Waals surface area contributed by atoms with E-state index in [0.29, 0.717) is 91.6 Å². The molecule has 12 rings (SSSR count). The van der Waals surface area contributed by atoms with Crippen molar-refractivity contribution in [3.05, 3.63) is 391 Å². The van der Waals surface area contributed by atoms with E-state index in [4.69, 9.17) is 74.8 Å². The van der Waals surface area contributed by atoms with Crippen LogP contribution >= 0.6 is 78.3 Å². The molecule has 0 aliphatic rings. The molecular weight excluding hydrogens is 1650 g/mol. The molecule has 0 spiro atoms. The second-order valence-electron chi connectivity index (χ2n) is 25.4. The smallest absolute Gasteiger partial charge is 0.342 e. The zero-order chi connectivity index (χ0) is 82.6. The summed E-state index contributed by atoms with van der Waals surface area (Å²) >= 11 is 31.4. The van der Waals surface area contributed by atoms with Crippen molar-refractivity contribution in [1.82, 2.24) is 0 Å². The van der Waals surface area contributed by atoms with Crippen molar-refractivity contribution in [3.8, 4) is 34.5 Å². The maximum atomic E-state index is 12.1. The Morgan fingerprint density at radius 1 is 0.360 bits per heavy atom. The molecule has 0 fully saturated rings. The highest BCUT2D eigenvalue weighted by atomic mass is 79.9. The lowest BCUT2D eigenvalue weighted by Crippen LogP contribution is -2.09. The van der Waals surface area contributed by atoms with E-state index >= 15 is 0 Å². The summed E-state index contributed by atoms with van der Waals surface area (Å²) in [5.74, 6) is -2.70. The third-order valence-electron chi connectivity index (χ3n) is 17.6. The van der Waals surface area contributed by atoms with Gasteiger partial charge in [0.2, 0.25) is 0 Å². The maximum Gasteiger partial charge on any atom is 0.342 e. The highest BCUT2D eigenvalue weighted by molar-refractivity contribution is 9.11. The lowest BCUT2D eigenvalue weighted by atomic mass is 9.93. The van der Waals surface area contributed by atoms with E-state index in [1.807, 2.05) is 184 Å². The maximum absolute atomic E-state index is 12.1. The first-order valence-corrected chi connectivity index (χ1v) is 39.1. The highest BCUT2D eigenvalue weighted by Gasteiger charge is 2.27. The van der Waals surface area contributed by atoms with E-state index < -0.39 is 23.9 Å². The fourth-order valence-electron chi connectivity index (χ4n) is 11.6. The van der Waals surface area contributed by atoms with Gasteiger partial charge in [-0.25, -0.2) is 19.2 Å². The summed E-state index contributed by atoms with van der Waals surface area (Å²) in [4.78, 5) is 48.1. The minimum atomic E-state index is -0.688. The molecule has 0 aromatic heterocycles. The Labute approximate surface area is 703 Å². The first-order valence-electron chi connectivity index (χ1n) is 36.0. The van der Waals surface area contributed by atoms with Gasteiger partial charge in [0, 0.05) is 12.1 Å². The van der Waals surface area contributed by atoms with Gasteiger partial charge in [0.1, 0.15) is 70.0 Å². The van der Waals surface area contributed by atoms with E-state index in [1.165, 1.54) is 61.8 Å². The van der Waals surface area contributed by atoms with Gasteiger partial charge in [0.25, 0.3) is 0 Å². The zero-order valence-electron chi connectivity index (χ0n) is 64.0. The molecule has 12 aromatic carbocycles. The number of hydrogen-bond donors (Lipinski definition) is 4. The molecule has 14 nitrogen and oxygen atoms in total. The molecule has 12 aromatic rings. The van der Waals surface area contributed by atoms with Crippen LogP contribution in [0.1, 0.15) is 126 Å². The van der Waals surface area contributed by atoms with E-state index in [1.54, 1.807) is 12.1 Å². The number of benzene rings is 12. The highest BCUT2D eigenvalue weighted by Crippen LogP contribution is 2.41. The van der Waals surface area contributed by atoms with Crippen LogP contribution in [0.4, 0.5) is 0 Å². The van der Waals surface area contributed by atoms with Gasteiger partial charge < -0.3 is 48.8 Å². The minimum absolute atomic E-state index is 0.00848. The second-order valence-corrected chi connectivity index (χ2v) is 28.5. The summed E-state index contributed by atoms with van der Waals surface area (Å²) in [6.07, 6.45) is 6.53. The number of phenols is 4. The number of aryl methyl sites for hydroxylation is 5. The number of carbonyl (C=O) groups excluding carboxylic acids is 4. The van der Waals surface area contributed by atoms with Gasteiger partial charge in [-0.2, -0.15) is 0 Å². The topological polar surface area (TPSA) is 205 Å². The number of methoxy groups -OCH3 is 4. The lowest BCUT2D eigenvalue weighted by molar-refractivity contribution is 0.0585. The normalized spacial score (nSPS) is 10.3. The molecular formula is C94H88Br2Cl4O14. The van der Waals surface area contributed by atoms with Gasteiger partial charge in [-0.1, -0.05) is 297 Å². The molecule has 0 saturated heterocycles. The fraction of sp³-hybridized carbons (Fsp3) is 0.170. The Hall–Kier alpha value is -10.8. The van der Waals surface area contributed by atoms with Crippen LogP contribution < -0.4 is 9.47 Å². The lowest BCUT2D eigenvalue weighted by Gasteiger charge is -2.15. The predicted molar refractivity (Wildman–Crippen MR) is 463 cm³/mol. The van der Waals surface area contributed by atoms with Crippen LogP contribution in [0.5, 0.6) is 34.5 Å². The predicted octanol–water partition coefficient (Wildman–Crippen LogP) is 24.0. The zero-order valence-corrected chi connectivity index (χ0v) is 70.2. The van der Waals surface area contributed by atoms with Crippen LogP contribution in [0, 0.1) is 13.8 Å². The molecule has 0 aliphatic heterocycles. The van der Waals surface area contributed by atoms with Gasteiger partial charge in [-0.15, -0.1) is 0 Å². The molecule has 590 valence electrons. The number of phenolic OH excluding ortho intramolecular Hbond substituents is 4. The van der Waals surface area contributed by atoms with Crippen LogP contribution in [-0.4, -0.2) is 72.7 Å². The fourth-order valence-corrected chi connectivity index (χ4v) is 13.7. The number of esters is 4. The van der Waals surface area contributed by atoms with E-state index in [9.17, 15) is 39.6 Å². The van der Waals surface area contributed by atoms with Crippen molar-refractivity contribution in [2.75, 3.05) is 28.4 Å². The minimum Gasteiger partial charge on any atom is -0.507 e. The van der Waals surface area contributed by atoms with Gasteiger partial charge >= 0.3 is 23.9 Å². The van der Waals surface area contributed by atoms with Crippen LogP contribution in [0.3, 0.4) is 0 Å². The third kappa shape index (κ3) is 26.9. The largest absolute Gasteiger partial charge is 0.507 e. The number of ether oxygens (including phenoxy) is 6. The van der Waals surface area contributed by atoms with Gasteiger partial charge in [-0.05, 0) is 181 Å². The van der Waals surface area contributed by atoms with Gasteiger partial charge in [0.05, 0.1) is 57.5 Å². The van der Waals surface area contributed by atoms with Crippen molar-refractivity contribution in [1.29, 1.82) is 0 Å². The molecule has 4 N–H and O–H groups in total. The first-order chi connectivity index (χ1) is 54.9. The summed E-state index contributed by atoms with van der Waals surface area (Å²) < 4.78 is 31.6. The SMILES string of the molecule is C=Cc1ccccc1.CCc1ccccc1.COC(=O)c1c(O)cc(O)c(Cl)c1CCc1cccc(Cc2ccccc2)c1.COC(=O)c1c(O)cc(O)c(Cl)c1CCc1ccccc1Cc1ccccc1.COC(=O)c1c(OCc2ccccc2)cc(C)c(Cl)c1Br.COC(=O)c1c(OCc2ccccc2)cc(C)c(Cl)c1Br. The Morgan fingerprint density at radius 3 is 1.07 bits per heavy atom. The van der Waals surface area contributed by atoms with Crippen molar-refractivity contribution in [3.63, 3.8) is 0 Å². The Bertz CT molecular complexity index is 5020. The average Bonchev–Trinajstić information content (AvgIpc) is 0.825. The molecule has 0 aliphatic carbocycles. The summed E-state index contributed by atoms with van der Waals surface area (Å²) in [7, 11) is 5.12. The Morgan fingerprint density at radius 2 is 0.693 bits per heavy atom. The standard InChI is InChI=1S/2C23H21ClO4.2C16H14BrClO3.C8H10.C8H8/c1-28-23(27)21-18(22(24)20(26)14-19(21)25)12-11-16-9-5-6-10-17(16)13-15-7-3-2-4-8-15;1-28-23(27)21-18(22(24)20(26)14-19(21)25)11-10-16-8-5-9-17(13-16)12-15-6-3-2-4-7-15;2*1-10-8-12(21-9-11-6-4-3-5-7-11)13(16(19)20-2)14(17)15(10)18;2*1-2-8-6-4-3-5-7-8/h2-10,14,25-26H,11-13H2,1H3;2-9,13-14,25-26H,10-12H2,1H3;2*3-8H,9H2,1-2H3;3-7H,2H2,1H3;2-7H,1H2. The van der Waals surface area contributed by atoms with Crippen molar-refractivity contribution < 1.29 is 68.0 Å². The van der Waals surface area contributed by atoms with Crippen molar-refractivity contribution in [2.45, 2.75) is 78.9 Å². The molecule has 0 saturated carbocycles. The quantitative estimate of drug-likeness (QED) is 0.0368. The number of rotatable bonds is 22. The van der Waals surface area contributed by atoms with Crippen LogP contribution in [0.2, 0.25) is 20.1 Å². The molecule has 114 heavy (non-hydrogen) atoms. The molecule has 20 heteroatoms. The molecule has 0 amide bonds. The van der Waals surface area contributed by atoms with E-state index in [0.717, 1.165) is 64.8 Å². The monoisotopic (exact) mass is 1740 g/mol. The van der Waals surface area contributed by atoms with Crippen molar-refractivity contribution in [2.24, 2.45) is 0 Å². The molecule has 0 radical (unpaired) electrons. The summed E-state index contributed by atoms with van der Waals surface area (Å²) in [5, 5.41) is 41.2. The third-order valence-corrected chi connectivity index (χ3v) is 21.4. The Balaban J connectivity index is 0.000000198. The number of aromatic hydroxyl groups is 4. The second kappa shape index (κ2) is 47.0. The van der Waals surface area contributed by atoms with Gasteiger partial charge in [0.15, 0.2) is 0 Å². The summed E-state index contributed by atoms with van der Waals surface area (Å²) in [6, 6.07) is 82.1. The van der Waals surface area contributed by atoms with Crippen molar-refractivity contribution >= 4 is 108 Å². The number of carbonyl (C=O) groups is 4. The average molecular weight is 1740 g/mol. The van der Waals surface area contributed by atoms with Gasteiger partial charge in [-0.3, -0.25) is 0 Å². The number of hydrogen-bond acceptors (Lipinski definition) is 14. The molecule has 0 heterocycles. The van der Waals surface area contributed by atoms with E-state index in [2.05, 4.69) is 112 Å². The first kappa shape index (κ1) is 90.4. The van der Waals surface area contributed by atoms with E-state index in [-0.39, 0.29) is 44.2 Å². The molecule has 0 atom stereocenters. The summed E-state index contributed by atoms with van der Waals surface area (Å²) in [5.41, 5.74) is 14.5. The molecule has 0 bridgehead atoms. The summed E-state index contributed by atoms with van der Waals surface area (Å²) in [6.45, 7) is 10.2. The Kier molecular flexibility index (Phi) is 37.3. The van der Waals surface area contributed by atoms with Crippen LogP contribution in [0.25, 0.3) is 6.08 Å². The number of halogens is 6. The molecule has 0 unspecified atom stereocenters. The van der Waals surface area contributed by atoms with Crippen LogP contribution in [0.15, 0.2) is 270 Å². The van der Waals surface area contributed by atoms with Crippen LogP contribution in [-0.2, 0) is 77.1 Å².